The third-order valence-corrected chi connectivity index (χ3v) is 4.48. The predicted molar refractivity (Wildman–Crippen MR) is 62.5 cm³/mol. The van der Waals surface area contributed by atoms with E-state index in [9.17, 15) is 4.79 Å². The van der Waals surface area contributed by atoms with Crippen molar-refractivity contribution in [2.45, 2.75) is 32.2 Å². The van der Waals surface area contributed by atoms with Crippen molar-refractivity contribution in [1.82, 2.24) is 0 Å². The molecule has 1 aliphatic carbocycles. The van der Waals surface area contributed by atoms with E-state index in [1.807, 2.05) is 30.1 Å². The first kappa shape index (κ1) is 11.8. The molecule has 0 spiro atoms. The molecule has 0 amide bonds. The quantitative estimate of drug-likeness (QED) is 0.546. The lowest BCUT2D eigenvalue weighted by Crippen LogP contribution is -2.61. The molecule has 0 N–H and O–H groups in total. The van der Waals surface area contributed by atoms with Crippen LogP contribution in [0, 0.1) is 11.8 Å². The number of Topliss-reactive ketones (excluding diaryl/α,β-unsaturated/α-hetero) is 1. The molecule has 1 saturated carbocycles. The fourth-order valence-electron chi connectivity index (χ4n) is 2.71. The Morgan fingerprint density at radius 2 is 2.27 bits per heavy atom. The Morgan fingerprint density at radius 3 is 2.93 bits per heavy atom. The molecule has 2 rings (SSSR count). The van der Waals surface area contributed by atoms with Gasteiger partial charge in [-0.15, -0.1) is 3.17 Å². The van der Waals surface area contributed by atoms with Gasteiger partial charge in [0.2, 0.25) is 0 Å². The van der Waals surface area contributed by atoms with E-state index in [1.165, 1.54) is 0 Å². The van der Waals surface area contributed by atoms with Crippen molar-refractivity contribution in [1.29, 1.82) is 0 Å². The highest BCUT2D eigenvalue weighted by Gasteiger charge is 2.52. The van der Waals surface area contributed by atoms with E-state index in [2.05, 4.69) is 6.92 Å². The smallest absolute Gasteiger partial charge is 0.193 e. The summed E-state index contributed by atoms with van der Waals surface area (Å²) in [4.78, 5) is 17.4. The van der Waals surface area contributed by atoms with Crippen molar-refractivity contribution >= 4 is 28.8 Å². The Bertz CT molecular complexity index is 273. The molecule has 0 radical (unpaired) electrons. The lowest BCUT2D eigenvalue weighted by atomic mass is 9.76. The summed E-state index contributed by atoms with van der Waals surface area (Å²) in [6, 6.07) is 0.173. The topological polar surface area (TPSA) is 35.5 Å². The summed E-state index contributed by atoms with van der Waals surface area (Å²) in [5, 5.41) is 0. The maximum atomic E-state index is 11.7. The summed E-state index contributed by atoms with van der Waals surface area (Å²) in [7, 11) is 1.90. The fraction of sp³-hybridized carbons (Fsp3) is 0.900. The second-order valence-electron chi connectivity index (χ2n) is 4.81. The van der Waals surface area contributed by atoms with Gasteiger partial charge in [0.15, 0.2) is 41.4 Å². The molecule has 0 aromatic heterocycles. The summed E-state index contributed by atoms with van der Waals surface area (Å²) in [5.74, 6) is 1.04. The van der Waals surface area contributed by atoms with E-state index < -0.39 is 0 Å². The average molecular weight is 326 g/mol. The van der Waals surface area contributed by atoms with Crippen molar-refractivity contribution in [3.05, 3.63) is 0 Å². The minimum Gasteiger partial charge on any atom is -0.296 e. The van der Waals surface area contributed by atoms with Crippen molar-refractivity contribution in [2.75, 3.05) is 13.7 Å². The Balaban J connectivity index is 2.21. The van der Waals surface area contributed by atoms with Crippen molar-refractivity contribution < 1.29 is 17.6 Å². The maximum Gasteiger partial charge on any atom is 0.193 e. The minimum absolute atomic E-state index is 0.126. The molecule has 4 nitrogen and oxygen atoms in total. The van der Waals surface area contributed by atoms with E-state index >= 15 is 0 Å². The van der Waals surface area contributed by atoms with Gasteiger partial charge in [-0.05, 0) is 23.6 Å². The molecule has 1 aliphatic heterocycles. The van der Waals surface area contributed by atoms with Crippen LogP contribution in [0.25, 0.3) is 0 Å². The summed E-state index contributed by atoms with van der Waals surface area (Å²) in [5.41, 5.74) is 0. The molecular weight excluding hydrogens is 309 g/mol. The van der Waals surface area contributed by atoms with E-state index in [4.69, 9.17) is 8.00 Å². The molecule has 15 heavy (non-hydrogen) atoms. The molecule has 2 aliphatic rings. The van der Waals surface area contributed by atoms with Gasteiger partial charge >= 0.3 is 0 Å². The third kappa shape index (κ3) is 2.07. The van der Waals surface area contributed by atoms with Crippen LogP contribution in [-0.2, 0) is 12.8 Å². The Hall–Kier alpha value is 0.280. The average Bonchev–Trinajstić information content (AvgIpc) is 2.24. The molecule has 1 saturated heterocycles. The van der Waals surface area contributed by atoms with Gasteiger partial charge in [0.1, 0.15) is 7.05 Å². The number of nitrogens with zero attached hydrogens (tertiary/aromatic N) is 1. The van der Waals surface area contributed by atoms with Gasteiger partial charge in [-0.25, -0.2) is 0 Å². The summed E-state index contributed by atoms with van der Waals surface area (Å²) < 4.78 is 5.38. The number of hydrogen-bond donors (Lipinski definition) is 0. The zero-order chi connectivity index (χ0) is 11.1. The van der Waals surface area contributed by atoms with Gasteiger partial charge in [-0.1, -0.05) is 6.92 Å². The highest BCUT2D eigenvalue weighted by Crippen LogP contribution is 2.39. The largest absolute Gasteiger partial charge is 0.296 e. The van der Waals surface area contributed by atoms with Gasteiger partial charge in [-0.3, -0.25) is 4.79 Å². The predicted octanol–water partition coefficient (Wildman–Crippen LogP) is 2.03. The van der Waals surface area contributed by atoms with Crippen molar-refractivity contribution in [2.24, 2.45) is 11.8 Å². The van der Waals surface area contributed by atoms with Crippen LogP contribution in [0.3, 0.4) is 0 Å². The Labute approximate surface area is 104 Å². The molecular formula is C10H17INO3+. The van der Waals surface area contributed by atoms with Crippen LogP contribution in [0.5, 0.6) is 0 Å². The molecule has 4 atom stereocenters. The number of ketones is 1. The van der Waals surface area contributed by atoms with Crippen molar-refractivity contribution in [3.8, 4) is 0 Å². The van der Waals surface area contributed by atoms with Crippen LogP contribution in [0.4, 0.5) is 0 Å². The normalized spacial score (nSPS) is 46.3. The van der Waals surface area contributed by atoms with Gasteiger partial charge < -0.3 is 0 Å². The van der Waals surface area contributed by atoms with Crippen LogP contribution in [0.1, 0.15) is 26.2 Å². The van der Waals surface area contributed by atoms with Crippen LogP contribution in [0.2, 0.25) is 0 Å². The molecule has 3 unspecified atom stereocenters. The molecule has 86 valence electrons. The molecule has 0 aromatic carbocycles. The van der Waals surface area contributed by atoms with Gasteiger partial charge in [0.25, 0.3) is 0 Å². The summed E-state index contributed by atoms with van der Waals surface area (Å²) in [6.07, 6.45) is 3.14. The van der Waals surface area contributed by atoms with Crippen LogP contribution < -0.4 is 0 Å². The van der Waals surface area contributed by atoms with E-state index in [0.29, 0.717) is 5.92 Å². The van der Waals surface area contributed by atoms with Crippen LogP contribution in [0.15, 0.2) is 0 Å². The number of rotatable bonds is 1. The highest BCUT2D eigenvalue weighted by atomic mass is 127. The molecule has 1 heterocycles. The molecule has 0 aromatic rings. The van der Waals surface area contributed by atoms with Crippen molar-refractivity contribution in [3.63, 3.8) is 0 Å². The summed E-state index contributed by atoms with van der Waals surface area (Å²) in [6.45, 7) is 2.42. The van der Waals surface area contributed by atoms with E-state index in [0.717, 1.165) is 19.3 Å². The maximum absolute atomic E-state index is 11.7. The summed E-state index contributed by atoms with van der Waals surface area (Å²) >= 11 is 1.86. The number of fused-ring (bicyclic) bond motifs is 1. The monoisotopic (exact) mass is 326 g/mol. The SMILES string of the molecule is C[C@H]1CCC2C(=O)CO[N+](C)(OI)C2C1. The second kappa shape index (κ2) is 4.27. The number of quaternary nitrogens is 1. The third-order valence-electron chi connectivity index (χ3n) is 3.69. The van der Waals surface area contributed by atoms with Crippen LogP contribution in [-0.4, -0.2) is 30.3 Å². The first-order valence-electron chi connectivity index (χ1n) is 5.40. The number of hydroxylamine groups is 4. The second-order valence-corrected chi connectivity index (χ2v) is 5.20. The highest BCUT2D eigenvalue weighted by molar-refractivity contribution is 14.1. The van der Waals surface area contributed by atoms with Gasteiger partial charge in [0, 0.05) is 6.42 Å². The number of hydrogen-bond acceptors (Lipinski definition) is 3. The number of carbonyl (C=O) groups excluding carboxylic acids is 1. The molecule has 2 fully saturated rings. The minimum atomic E-state index is 0.126. The van der Waals surface area contributed by atoms with Crippen LogP contribution >= 0.6 is 23.0 Å². The standard InChI is InChI=1S/C10H17INO3/c1-7-3-4-8-9(5-7)12(2,15-11)14-6-10(8)13/h7-9H,3-6H2,1-2H3/q+1/t7-,8?,9?,12?/m0/s1. The first-order valence-corrected chi connectivity index (χ1v) is 6.28. The molecule has 0 bridgehead atoms. The van der Waals surface area contributed by atoms with E-state index in [-0.39, 0.29) is 29.2 Å². The lowest BCUT2D eigenvalue weighted by molar-refractivity contribution is -1.23. The molecule has 5 heteroatoms. The Kier molecular flexibility index (Phi) is 3.35. The van der Waals surface area contributed by atoms with E-state index in [1.54, 1.807) is 0 Å². The first-order chi connectivity index (χ1) is 7.07. The zero-order valence-electron chi connectivity index (χ0n) is 9.11. The zero-order valence-corrected chi connectivity index (χ0v) is 11.3. The number of carbonyl (C=O) groups is 1. The number of halogens is 1. The van der Waals surface area contributed by atoms with Gasteiger partial charge in [0.05, 0.1) is 5.92 Å². The van der Waals surface area contributed by atoms with Gasteiger partial charge in [-0.2, -0.15) is 4.84 Å². The Morgan fingerprint density at radius 1 is 1.53 bits per heavy atom. The lowest BCUT2D eigenvalue weighted by Gasteiger charge is -2.44. The fourth-order valence-corrected chi connectivity index (χ4v) is 3.12.